The molecule has 1 aromatic rings. The molecular weight excluding hydrogens is 298 g/mol. The number of nitrogens with zero attached hydrogens (tertiary/aromatic N) is 1. The van der Waals surface area contributed by atoms with Crippen LogP contribution in [0.1, 0.15) is 23.7 Å². The summed E-state index contributed by atoms with van der Waals surface area (Å²) in [6, 6.07) is 5.17. The molecule has 18 heavy (non-hydrogen) atoms. The normalized spacial score (nSPS) is 15.9. The minimum Gasteiger partial charge on any atom is -0.482 e. The Bertz CT molecular complexity index is 501. The van der Waals surface area contributed by atoms with Crippen LogP contribution in [0.25, 0.3) is 0 Å². The Balaban J connectivity index is 2.37. The SMILES string of the molecule is CCC(Br)C(=O)c1ccc2c(c1)N(C)C(=O)CO2. The highest BCUT2D eigenvalue weighted by Crippen LogP contribution is 2.32. The lowest BCUT2D eigenvalue weighted by molar-refractivity contribution is -0.120. The van der Waals surface area contributed by atoms with E-state index in [1.807, 2.05) is 6.92 Å². The Kier molecular flexibility index (Phi) is 3.71. The number of anilines is 1. The fourth-order valence-electron chi connectivity index (χ4n) is 1.79. The second kappa shape index (κ2) is 5.10. The highest BCUT2D eigenvalue weighted by molar-refractivity contribution is 9.10. The summed E-state index contributed by atoms with van der Waals surface area (Å²) in [6.07, 6.45) is 0.723. The Morgan fingerprint density at radius 3 is 2.94 bits per heavy atom. The lowest BCUT2D eigenvalue weighted by Crippen LogP contribution is -2.35. The van der Waals surface area contributed by atoms with Crippen LogP contribution in [-0.2, 0) is 4.79 Å². The maximum absolute atomic E-state index is 12.1. The van der Waals surface area contributed by atoms with E-state index in [1.165, 1.54) is 4.90 Å². The van der Waals surface area contributed by atoms with Gasteiger partial charge in [-0.3, -0.25) is 9.59 Å². The molecule has 0 spiro atoms. The average Bonchev–Trinajstić information content (AvgIpc) is 2.41. The molecule has 0 aromatic heterocycles. The van der Waals surface area contributed by atoms with Crippen LogP contribution in [0.4, 0.5) is 5.69 Å². The highest BCUT2D eigenvalue weighted by Gasteiger charge is 2.24. The molecular formula is C13H14BrNO3. The van der Waals surface area contributed by atoms with E-state index < -0.39 is 0 Å². The van der Waals surface area contributed by atoms with Crippen LogP contribution in [-0.4, -0.2) is 30.2 Å². The lowest BCUT2D eigenvalue weighted by Gasteiger charge is -2.26. The van der Waals surface area contributed by atoms with Gasteiger partial charge in [-0.15, -0.1) is 0 Å². The number of ketones is 1. The number of hydrogen-bond donors (Lipinski definition) is 0. The summed E-state index contributed by atoms with van der Waals surface area (Å²) in [5, 5.41) is 0. The third-order valence-electron chi connectivity index (χ3n) is 2.97. The van der Waals surface area contributed by atoms with Gasteiger partial charge in [-0.25, -0.2) is 0 Å². The molecule has 0 fully saturated rings. The molecule has 2 rings (SSSR count). The molecule has 1 aliphatic heterocycles. The zero-order valence-electron chi connectivity index (χ0n) is 10.3. The fraction of sp³-hybridized carbons (Fsp3) is 0.385. The third-order valence-corrected chi connectivity index (χ3v) is 4.04. The molecule has 1 heterocycles. The van der Waals surface area contributed by atoms with Crippen molar-refractivity contribution in [3.8, 4) is 5.75 Å². The molecule has 96 valence electrons. The smallest absolute Gasteiger partial charge is 0.264 e. The summed E-state index contributed by atoms with van der Waals surface area (Å²) in [7, 11) is 1.68. The second-order valence-electron chi connectivity index (χ2n) is 4.16. The van der Waals surface area contributed by atoms with Crippen LogP contribution in [0.2, 0.25) is 0 Å². The number of fused-ring (bicyclic) bond motifs is 1. The van der Waals surface area contributed by atoms with Gasteiger partial charge in [0.25, 0.3) is 5.91 Å². The van der Waals surface area contributed by atoms with E-state index in [2.05, 4.69) is 15.9 Å². The summed E-state index contributed by atoms with van der Waals surface area (Å²) in [5.74, 6) is 0.543. The fourth-order valence-corrected chi connectivity index (χ4v) is 2.06. The summed E-state index contributed by atoms with van der Waals surface area (Å²) < 4.78 is 5.31. The Morgan fingerprint density at radius 2 is 2.28 bits per heavy atom. The van der Waals surface area contributed by atoms with Gasteiger partial charge in [0, 0.05) is 12.6 Å². The Hall–Kier alpha value is -1.36. The predicted octanol–water partition coefficient (Wildman–Crippen LogP) is 2.40. The van der Waals surface area contributed by atoms with Crippen LogP contribution in [0, 0.1) is 0 Å². The third kappa shape index (κ3) is 2.27. The van der Waals surface area contributed by atoms with Crippen LogP contribution < -0.4 is 9.64 Å². The number of carbonyl (C=O) groups excluding carboxylic acids is 2. The number of ether oxygens (including phenoxy) is 1. The molecule has 0 N–H and O–H groups in total. The largest absolute Gasteiger partial charge is 0.482 e. The summed E-state index contributed by atoms with van der Waals surface area (Å²) in [5.41, 5.74) is 1.23. The topological polar surface area (TPSA) is 46.6 Å². The molecule has 0 saturated carbocycles. The monoisotopic (exact) mass is 311 g/mol. The molecule has 1 amide bonds. The van der Waals surface area contributed by atoms with Crippen molar-refractivity contribution in [2.45, 2.75) is 18.2 Å². The number of hydrogen-bond acceptors (Lipinski definition) is 3. The number of likely N-dealkylation sites (N-methyl/N-ethyl adjacent to an activating group) is 1. The van der Waals surface area contributed by atoms with Crippen molar-refractivity contribution >= 4 is 33.3 Å². The number of Topliss-reactive ketones (excluding diaryl/α,β-unsaturated/α-hetero) is 1. The zero-order chi connectivity index (χ0) is 13.3. The standard InChI is InChI=1S/C13H14BrNO3/c1-3-9(14)13(17)8-4-5-11-10(6-8)15(2)12(16)7-18-11/h4-6,9H,3,7H2,1-2H3. The number of amides is 1. The second-order valence-corrected chi connectivity index (χ2v) is 5.27. The minimum absolute atomic E-state index is 0.0201. The van der Waals surface area contributed by atoms with Gasteiger partial charge < -0.3 is 9.64 Å². The van der Waals surface area contributed by atoms with Crippen molar-refractivity contribution in [2.75, 3.05) is 18.6 Å². The molecule has 0 bridgehead atoms. The number of carbonyl (C=O) groups is 2. The first kappa shape index (κ1) is 13.1. The van der Waals surface area contributed by atoms with E-state index in [0.717, 1.165) is 6.42 Å². The van der Waals surface area contributed by atoms with E-state index >= 15 is 0 Å². The van der Waals surface area contributed by atoms with Crippen molar-refractivity contribution < 1.29 is 14.3 Å². The molecule has 1 unspecified atom stereocenters. The van der Waals surface area contributed by atoms with Crippen LogP contribution in [0.15, 0.2) is 18.2 Å². The van der Waals surface area contributed by atoms with Gasteiger partial charge in [-0.1, -0.05) is 22.9 Å². The van der Waals surface area contributed by atoms with Gasteiger partial charge in [-0.2, -0.15) is 0 Å². The van der Waals surface area contributed by atoms with E-state index in [-0.39, 0.29) is 23.1 Å². The first-order valence-corrected chi connectivity index (χ1v) is 6.67. The van der Waals surface area contributed by atoms with E-state index in [9.17, 15) is 9.59 Å². The highest BCUT2D eigenvalue weighted by atomic mass is 79.9. The molecule has 1 atom stereocenters. The quantitative estimate of drug-likeness (QED) is 0.636. The molecule has 1 aromatic carbocycles. The number of halogens is 1. The van der Waals surface area contributed by atoms with Crippen LogP contribution in [0.5, 0.6) is 5.75 Å². The van der Waals surface area contributed by atoms with Crippen molar-refractivity contribution in [3.63, 3.8) is 0 Å². The summed E-state index contributed by atoms with van der Waals surface area (Å²) in [6.45, 7) is 1.99. The summed E-state index contributed by atoms with van der Waals surface area (Å²) >= 11 is 3.34. The van der Waals surface area contributed by atoms with E-state index in [4.69, 9.17) is 4.74 Å². The van der Waals surface area contributed by atoms with Crippen LogP contribution >= 0.6 is 15.9 Å². The van der Waals surface area contributed by atoms with Gasteiger partial charge in [0.15, 0.2) is 12.4 Å². The molecule has 0 saturated heterocycles. The maximum atomic E-state index is 12.1. The first-order valence-electron chi connectivity index (χ1n) is 5.76. The van der Waals surface area contributed by atoms with Gasteiger partial charge in [0.1, 0.15) is 5.75 Å². The van der Waals surface area contributed by atoms with Gasteiger partial charge in [-0.05, 0) is 24.6 Å². The van der Waals surface area contributed by atoms with Gasteiger partial charge in [0.05, 0.1) is 10.5 Å². The molecule has 5 heteroatoms. The van der Waals surface area contributed by atoms with Crippen LogP contribution in [0.3, 0.4) is 0 Å². The Morgan fingerprint density at radius 1 is 1.56 bits per heavy atom. The summed E-state index contributed by atoms with van der Waals surface area (Å²) in [4.78, 5) is 24.9. The maximum Gasteiger partial charge on any atom is 0.264 e. The van der Waals surface area contributed by atoms with Gasteiger partial charge >= 0.3 is 0 Å². The van der Waals surface area contributed by atoms with Crippen molar-refractivity contribution in [3.05, 3.63) is 23.8 Å². The number of benzene rings is 1. The molecule has 0 radical (unpaired) electrons. The van der Waals surface area contributed by atoms with Gasteiger partial charge in [0.2, 0.25) is 0 Å². The van der Waals surface area contributed by atoms with Crippen molar-refractivity contribution in [1.82, 2.24) is 0 Å². The van der Waals surface area contributed by atoms with Crippen molar-refractivity contribution in [1.29, 1.82) is 0 Å². The molecule has 0 aliphatic carbocycles. The number of rotatable bonds is 3. The minimum atomic E-state index is -0.193. The van der Waals surface area contributed by atoms with E-state index in [1.54, 1.807) is 25.2 Å². The molecule has 1 aliphatic rings. The van der Waals surface area contributed by atoms with Crippen molar-refractivity contribution in [2.24, 2.45) is 0 Å². The average molecular weight is 312 g/mol. The molecule has 4 nitrogen and oxygen atoms in total. The number of alkyl halides is 1. The first-order chi connectivity index (χ1) is 8.54. The Labute approximate surface area is 114 Å². The zero-order valence-corrected chi connectivity index (χ0v) is 11.9. The lowest BCUT2D eigenvalue weighted by atomic mass is 10.0. The van der Waals surface area contributed by atoms with E-state index in [0.29, 0.717) is 17.0 Å². The predicted molar refractivity (Wildman–Crippen MR) is 72.7 cm³/mol.